The Bertz CT molecular complexity index is 686. The predicted molar refractivity (Wildman–Crippen MR) is 89.5 cm³/mol. The Balaban J connectivity index is 2.08. The van der Waals surface area contributed by atoms with E-state index in [2.05, 4.69) is 0 Å². The van der Waals surface area contributed by atoms with Crippen LogP contribution in [0.1, 0.15) is 39.2 Å². The molecule has 1 aliphatic heterocycles. The molecule has 6 nitrogen and oxygen atoms in total. The van der Waals surface area contributed by atoms with Gasteiger partial charge in [0.1, 0.15) is 11.4 Å². The highest BCUT2D eigenvalue weighted by atomic mass is 19.4. The topological polar surface area (TPSA) is 76.1 Å². The zero-order chi connectivity index (χ0) is 20.5. The highest BCUT2D eigenvalue weighted by Gasteiger charge is 2.45. The van der Waals surface area contributed by atoms with E-state index < -0.39 is 35.0 Å². The van der Waals surface area contributed by atoms with Crippen molar-refractivity contribution in [1.82, 2.24) is 4.90 Å². The molecule has 2 rings (SSSR count). The van der Waals surface area contributed by atoms with Crippen LogP contribution >= 0.6 is 0 Å². The minimum absolute atomic E-state index is 0.0113. The van der Waals surface area contributed by atoms with Crippen LogP contribution in [0, 0.1) is 0 Å². The number of likely N-dealkylation sites (tertiary alicyclic amines) is 1. The summed E-state index contributed by atoms with van der Waals surface area (Å²) >= 11 is 0. The second-order valence-corrected chi connectivity index (χ2v) is 7.39. The zero-order valence-corrected chi connectivity index (χ0v) is 15.3. The standard InChI is InChI=1S/C18H22F3NO5/c1-16(2,3)27-15(25)22-10-8-17(9-11-22,14(23)24)26-13-6-4-12(5-7-13)18(19,20)21/h4-7H,8-11H2,1-3H3,(H,23,24). The van der Waals surface area contributed by atoms with Crippen LogP contribution < -0.4 is 4.74 Å². The van der Waals surface area contributed by atoms with Crippen molar-refractivity contribution in [3.8, 4) is 5.75 Å². The third kappa shape index (κ3) is 5.27. The van der Waals surface area contributed by atoms with E-state index in [9.17, 15) is 27.9 Å². The van der Waals surface area contributed by atoms with Crippen molar-refractivity contribution in [2.24, 2.45) is 0 Å². The lowest BCUT2D eigenvalue weighted by Crippen LogP contribution is -2.54. The smallest absolute Gasteiger partial charge is 0.416 e. The first-order valence-electron chi connectivity index (χ1n) is 8.40. The normalized spacial score (nSPS) is 17.3. The lowest BCUT2D eigenvalue weighted by Gasteiger charge is -2.39. The predicted octanol–water partition coefficient (Wildman–Crippen LogP) is 3.94. The summed E-state index contributed by atoms with van der Waals surface area (Å²) in [7, 11) is 0. The average molecular weight is 389 g/mol. The first kappa shape index (κ1) is 20.9. The summed E-state index contributed by atoms with van der Waals surface area (Å²) in [5, 5.41) is 9.61. The monoisotopic (exact) mass is 389 g/mol. The number of halogens is 3. The van der Waals surface area contributed by atoms with Crippen molar-refractivity contribution in [1.29, 1.82) is 0 Å². The molecule has 1 aromatic rings. The van der Waals surface area contributed by atoms with E-state index in [1.807, 2.05) is 0 Å². The quantitative estimate of drug-likeness (QED) is 0.848. The Labute approximate surface area is 154 Å². The summed E-state index contributed by atoms with van der Waals surface area (Å²) in [4.78, 5) is 25.3. The second kappa shape index (κ2) is 7.28. The third-order valence-corrected chi connectivity index (χ3v) is 4.11. The van der Waals surface area contributed by atoms with E-state index in [-0.39, 0.29) is 31.7 Å². The van der Waals surface area contributed by atoms with Crippen LogP contribution in [0.2, 0.25) is 0 Å². The van der Waals surface area contributed by atoms with Gasteiger partial charge in [0.15, 0.2) is 0 Å². The number of benzene rings is 1. The van der Waals surface area contributed by atoms with Gasteiger partial charge in [-0.1, -0.05) is 0 Å². The number of carboxylic acids is 1. The number of amides is 1. The van der Waals surface area contributed by atoms with E-state index in [4.69, 9.17) is 9.47 Å². The number of carboxylic acid groups (broad SMARTS) is 1. The van der Waals surface area contributed by atoms with E-state index in [0.29, 0.717) is 0 Å². The Morgan fingerprint density at radius 2 is 1.59 bits per heavy atom. The molecule has 0 saturated carbocycles. The van der Waals surface area contributed by atoms with E-state index in [1.54, 1.807) is 20.8 Å². The van der Waals surface area contributed by atoms with Crippen LogP contribution in [0.25, 0.3) is 0 Å². The van der Waals surface area contributed by atoms with Crippen molar-refractivity contribution in [2.75, 3.05) is 13.1 Å². The van der Waals surface area contributed by atoms with Gasteiger partial charge >= 0.3 is 18.2 Å². The third-order valence-electron chi connectivity index (χ3n) is 4.11. The summed E-state index contributed by atoms with van der Waals surface area (Å²) < 4.78 is 48.7. The maximum absolute atomic E-state index is 12.6. The number of piperidine rings is 1. The SMILES string of the molecule is CC(C)(C)OC(=O)N1CCC(Oc2ccc(C(F)(F)F)cc2)(C(=O)O)CC1. The maximum Gasteiger partial charge on any atom is 0.416 e. The van der Waals surface area contributed by atoms with Gasteiger partial charge in [0.25, 0.3) is 0 Å². The number of ether oxygens (including phenoxy) is 2. The molecule has 150 valence electrons. The lowest BCUT2D eigenvalue weighted by molar-refractivity contribution is -0.159. The van der Waals surface area contributed by atoms with Crippen LogP contribution in [-0.4, -0.2) is 46.4 Å². The highest BCUT2D eigenvalue weighted by Crippen LogP contribution is 2.33. The molecule has 1 amide bonds. The summed E-state index contributed by atoms with van der Waals surface area (Å²) in [5.41, 5.74) is -3.13. The van der Waals surface area contributed by atoms with E-state index in [0.717, 1.165) is 24.3 Å². The minimum Gasteiger partial charge on any atom is -0.478 e. The van der Waals surface area contributed by atoms with Crippen LogP contribution in [-0.2, 0) is 15.7 Å². The molecule has 0 bridgehead atoms. The molecule has 0 spiro atoms. The Kier molecular flexibility index (Phi) is 5.63. The summed E-state index contributed by atoms with van der Waals surface area (Å²) in [6, 6.07) is 3.85. The van der Waals surface area contributed by atoms with Gasteiger partial charge < -0.3 is 19.5 Å². The molecule has 1 N–H and O–H groups in total. The summed E-state index contributed by atoms with van der Waals surface area (Å²) in [5.74, 6) is -1.21. The molecule has 1 heterocycles. The van der Waals surface area contributed by atoms with Crippen molar-refractivity contribution >= 4 is 12.1 Å². The van der Waals surface area contributed by atoms with Gasteiger partial charge in [0.05, 0.1) is 5.56 Å². The summed E-state index contributed by atoms with van der Waals surface area (Å²) in [6.07, 6.45) is -5.05. The zero-order valence-electron chi connectivity index (χ0n) is 15.3. The van der Waals surface area contributed by atoms with Gasteiger partial charge in [0.2, 0.25) is 5.60 Å². The minimum atomic E-state index is -4.48. The highest BCUT2D eigenvalue weighted by molar-refractivity contribution is 5.79. The fraction of sp³-hybridized carbons (Fsp3) is 0.556. The molecule has 0 unspecified atom stereocenters. The van der Waals surface area contributed by atoms with Crippen molar-refractivity contribution < 1.29 is 37.3 Å². The number of aliphatic carboxylic acids is 1. The largest absolute Gasteiger partial charge is 0.478 e. The van der Waals surface area contributed by atoms with Crippen molar-refractivity contribution in [2.45, 2.75) is 51.0 Å². The Morgan fingerprint density at radius 1 is 1.07 bits per heavy atom. The molecule has 0 radical (unpaired) electrons. The number of alkyl halides is 3. The molecule has 1 fully saturated rings. The van der Waals surface area contributed by atoms with Gasteiger partial charge in [0, 0.05) is 25.9 Å². The average Bonchev–Trinajstić information content (AvgIpc) is 2.53. The summed E-state index contributed by atoms with van der Waals surface area (Å²) in [6.45, 7) is 5.38. The van der Waals surface area contributed by atoms with Crippen LogP contribution in [0.4, 0.5) is 18.0 Å². The van der Waals surface area contributed by atoms with E-state index >= 15 is 0 Å². The number of hydrogen-bond donors (Lipinski definition) is 1. The fourth-order valence-electron chi connectivity index (χ4n) is 2.67. The van der Waals surface area contributed by atoms with E-state index in [1.165, 1.54) is 4.90 Å². The lowest BCUT2D eigenvalue weighted by atomic mass is 9.91. The Hall–Kier alpha value is -2.45. The number of nitrogens with zero attached hydrogens (tertiary/aromatic N) is 1. The van der Waals surface area contributed by atoms with Gasteiger partial charge in [-0.15, -0.1) is 0 Å². The van der Waals surface area contributed by atoms with Gasteiger partial charge in [-0.05, 0) is 45.0 Å². The van der Waals surface area contributed by atoms with Crippen molar-refractivity contribution in [3.05, 3.63) is 29.8 Å². The van der Waals surface area contributed by atoms with Crippen LogP contribution in [0.15, 0.2) is 24.3 Å². The maximum atomic E-state index is 12.6. The van der Waals surface area contributed by atoms with Crippen LogP contribution in [0.5, 0.6) is 5.75 Å². The van der Waals surface area contributed by atoms with Gasteiger partial charge in [-0.2, -0.15) is 13.2 Å². The molecule has 1 aliphatic rings. The molecule has 0 aromatic heterocycles. The van der Waals surface area contributed by atoms with Crippen molar-refractivity contribution in [3.63, 3.8) is 0 Å². The van der Waals surface area contributed by atoms with Gasteiger partial charge in [-0.25, -0.2) is 9.59 Å². The second-order valence-electron chi connectivity index (χ2n) is 7.39. The molecule has 27 heavy (non-hydrogen) atoms. The first-order chi connectivity index (χ1) is 12.3. The number of carbonyl (C=O) groups excluding carboxylic acids is 1. The van der Waals surface area contributed by atoms with Gasteiger partial charge in [-0.3, -0.25) is 0 Å². The molecule has 0 aliphatic carbocycles. The Morgan fingerprint density at radius 3 is 2.00 bits per heavy atom. The molecule has 1 aromatic carbocycles. The number of hydrogen-bond acceptors (Lipinski definition) is 4. The molecule has 1 saturated heterocycles. The molecule has 9 heteroatoms. The molecular weight excluding hydrogens is 367 g/mol. The number of rotatable bonds is 3. The molecule has 0 atom stereocenters. The fourth-order valence-corrected chi connectivity index (χ4v) is 2.67. The first-order valence-corrected chi connectivity index (χ1v) is 8.40. The number of carbonyl (C=O) groups is 2. The van der Waals surface area contributed by atoms with Crippen LogP contribution in [0.3, 0.4) is 0 Å². The molecular formula is C18H22F3NO5.